The lowest BCUT2D eigenvalue weighted by Gasteiger charge is -2.28. The summed E-state index contributed by atoms with van der Waals surface area (Å²) in [5.74, 6) is 0. The Morgan fingerprint density at radius 3 is 1.76 bits per heavy atom. The largest absolute Gasteiger partial charge is 0.502 e. The molecule has 0 saturated carbocycles. The van der Waals surface area contributed by atoms with Gasteiger partial charge in [0.25, 0.3) is 0 Å². The van der Waals surface area contributed by atoms with Gasteiger partial charge in [0.1, 0.15) is 0 Å². The minimum Gasteiger partial charge on any atom is -0.374 e. The molecular formula is C12H23NO3Si. The molecule has 4 nitrogen and oxygen atoms in total. The first-order valence-corrected chi connectivity index (χ1v) is 8.22. The van der Waals surface area contributed by atoms with E-state index in [1.807, 2.05) is 45.3 Å². The van der Waals surface area contributed by atoms with Crippen molar-refractivity contribution in [1.29, 1.82) is 0 Å². The summed E-state index contributed by atoms with van der Waals surface area (Å²) in [6.45, 7) is 8.73. The van der Waals surface area contributed by atoms with E-state index in [0.717, 1.165) is 12.6 Å². The average Bonchev–Trinajstić information content (AvgIpc) is 2.80. The van der Waals surface area contributed by atoms with Crippen molar-refractivity contribution in [3.8, 4) is 0 Å². The Bertz CT molecular complexity index is 273. The minimum absolute atomic E-state index is 0.637. The van der Waals surface area contributed by atoms with Gasteiger partial charge in [0.2, 0.25) is 0 Å². The van der Waals surface area contributed by atoms with Crippen molar-refractivity contribution in [2.24, 2.45) is 0 Å². The lowest BCUT2D eigenvalue weighted by Crippen LogP contribution is -2.46. The fraction of sp³-hybridized carbons (Fsp3) is 0.667. The highest BCUT2D eigenvalue weighted by Gasteiger charge is 2.39. The van der Waals surface area contributed by atoms with Crippen LogP contribution >= 0.6 is 0 Å². The third kappa shape index (κ3) is 4.63. The topological polar surface area (TPSA) is 32.6 Å². The molecule has 0 amide bonds. The van der Waals surface area contributed by atoms with Gasteiger partial charge >= 0.3 is 8.80 Å². The van der Waals surface area contributed by atoms with Gasteiger partial charge in [-0.2, -0.15) is 0 Å². The Morgan fingerprint density at radius 2 is 1.35 bits per heavy atom. The molecule has 0 aromatic carbocycles. The van der Waals surface area contributed by atoms with Crippen LogP contribution in [-0.2, 0) is 19.8 Å². The number of aryl methyl sites for hydroxylation is 1. The molecule has 98 valence electrons. The lowest BCUT2D eigenvalue weighted by atomic mass is 10.7. The van der Waals surface area contributed by atoms with Crippen LogP contribution in [0, 0.1) is 0 Å². The Hall–Kier alpha value is -0.623. The van der Waals surface area contributed by atoms with Crippen molar-refractivity contribution in [2.75, 3.05) is 19.8 Å². The van der Waals surface area contributed by atoms with E-state index < -0.39 is 8.80 Å². The molecule has 1 aromatic heterocycles. The van der Waals surface area contributed by atoms with Crippen molar-refractivity contribution in [1.82, 2.24) is 4.57 Å². The number of rotatable bonds is 9. The van der Waals surface area contributed by atoms with E-state index in [2.05, 4.69) is 4.57 Å². The first kappa shape index (κ1) is 14.4. The summed E-state index contributed by atoms with van der Waals surface area (Å²) in [6, 6.07) is 4.85. The Kier molecular flexibility index (Phi) is 6.50. The molecule has 1 rings (SSSR count). The normalized spacial score (nSPS) is 11.9. The minimum atomic E-state index is -2.47. The third-order valence-electron chi connectivity index (χ3n) is 2.44. The van der Waals surface area contributed by atoms with Crippen LogP contribution < -0.4 is 0 Å². The molecule has 17 heavy (non-hydrogen) atoms. The second-order valence-corrected chi connectivity index (χ2v) is 6.38. The molecule has 0 atom stereocenters. The molecule has 0 fully saturated rings. The lowest BCUT2D eigenvalue weighted by molar-refractivity contribution is 0.0702. The molecule has 1 heterocycles. The van der Waals surface area contributed by atoms with Crippen LogP contribution in [0.3, 0.4) is 0 Å². The van der Waals surface area contributed by atoms with Crippen LogP contribution in [0.1, 0.15) is 20.8 Å². The van der Waals surface area contributed by atoms with E-state index in [9.17, 15) is 0 Å². The van der Waals surface area contributed by atoms with Gasteiger partial charge in [-0.3, -0.25) is 0 Å². The van der Waals surface area contributed by atoms with E-state index in [1.165, 1.54) is 0 Å². The maximum Gasteiger partial charge on any atom is 0.502 e. The average molecular weight is 257 g/mol. The SMILES string of the molecule is CCO[Si](CCn1cccc1)(OCC)OCC. The Balaban J connectivity index is 2.59. The second-order valence-electron chi connectivity index (χ2n) is 3.65. The van der Waals surface area contributed by atoms with Crippen LogP contribution in [0.5, 0.6) is 0 Å². The van der Waals surface area contributed by atoms with Crippen molar-refractivity contribution in [3.63, 3.8) is 0 Å². The highest BCUT2D eigenvalue weighted by molar-refractivity contribution is 6.60. The Labute approximate surface area is 105 Å². The first-order chi connectivity index (χ1) is 8.26. The summed E-state index contributed by atoms with van der Waals surface area (Å²) >= 11 is 0. The summed E-state index contributed by atoms with van der Waals surface area (Å²) in [5, 5.41) is 0. The maximum atomic E-state index is 5.79. The van der Waals surface area contributed by atoms with Gasteiger partial charge in [-0.1, -0.05) is 0 Å². The molecule has 0 saturated heterocycles. The fourth-order valence-corrected chi connectivity index (χ4v) is 4.32. The molecule has 1 aromatic rings. The standard InChI is InChI=1S/C12H23NO3Si/c1-4-14-17(15-5-2,16-6-3)12-11-13-9-7-8-10-13/h7-10H,4-6,11-12H2,1-3H3. The predicted octanol–water partition coefficient (Wildman–Crippen LogP) is 2.54. The van der Waals surface area contributed by atoms with Crippen LogP contribution in [0.25, 0.3) is 0 Å². The van der Waals surface area contributed by atoms with Gasteiger partial charge in [0, 0.05) is 44.8 Å². The van der Waals surface area contributed by atoms with Gasteiger partial charge in [-0.15, -0.1) is 0 Å². The van der Waals surface area contributed by atoms with Crippen LogP contribution in [0.2, 0.25) is 6.04 Å². The highest BCUT2D eigenvalue weighted by Crippen LogP contribution is 2.17. The number of hydrogen-bond donors (Lipinski definition) is 0. The summed E-state index contributed by atoms with van der Waals surface area (Å²) in [5.41, 5.74) is 0. The van der Waals surface area contributed by atoms with Gasteiger partial charge in [-0.05, 0) is 32.9 Å². The van der Waals surface area contributed by atoms with Gasteiger partial charge < -0.3 is 17.8 Å². The zero-order valence-corrected chi connectivity index (χ0v) is 12.0. The zero-order chi connectivity index (χ0) is 12.6. The highest BCUT2D eigenvalue weighted by atomic mass is 28.4. The summed E-state index contributed by atoms with van der Waals surface area (Å²) in [7, 11) is -2.47. The summed E-state index contributed by atoms with van der Waals surface area (Å²) < 4.78 is 19.5. The van der Waals surface area contributed by atoms with E-state index in [-0.39, 0.29) is 0 Å². The summed E-state index contributed by atoms with van der Waals surface area (Å²) in [6.07, 6.45) is 4.09. The number of hydrogen-bond acceptors (Lipinski definition) is 3. The molecule has 0 bridgehead atoms. The smallest absolute Gasteiger partial charge is 0.374 e. The van der Waals surface area contributed by atoms with E-state index >= 15 is 0 Å². The zero-order valence-electron chi connectivity index (χ0n) is 11.0. The van der Waals surface area contributed by atoms with Crippen molar-refractivity contribution in [3.05, 3.63) is 24.5 Å². The van der Waals surface area contributed by atoms with Crippen molar-refractivity contribution < 1.29 is 13.3 Å². The van der Waals surface area contributed by atoms with Gasteiger partial charge in [0.15, 0.2) is 0 Å². The monoisotopic (exact) mass is 257 g/mol. The van der Waals surface area contributed by atoms with E-state index in [4.69, 9.17) is 13.3 Å². The molecule has 0 aliphatic heterocycles. The van der Waals surface area contributed by atoms with Gasteiger partial charge in [0.05, 0.1) is 0 Å². The van der Waals surface area contributed by atoms with Crippen LogP contribution in [0.15, 0.2) is 24.5 Å². The fourth-order valence-electron chi connectivity index (χ4n) is 1.79. The summed E-state index contributed by atoms with van der Waals surface area (Å²) in [4.78, 5) is 0. The first-order valence-electron chi connectivity index (χ1n) is 6.29. The van der Waals surface area contributed by atoms with E-state index in [1.54, 1.807) is 0 Å². The molecule has 0 unspecified atom stereocenters. The quantitative estimate of drug-likeness (QED) is 0.637. The van der Waals surface area contributed by atoms with Gasteiger partial charge in [-0.25, -0.2) is 0 Å². The Morgan fingerprint density at radius 1 is 0.882 bits per heavy atom. The van der Waals surface area contributed by atoms with Crippen LogP contribution in [-0.4, -0.2) is 33.2 Å². The molecule has 0 spiro atoms. The van der Waals surface area contributed by atoms with Crippen molar-refractivity contribution >= 4 is 8.80 Å². The molecule has 0 aliphatic carbocycles. The second kappa shape index (κ2) is 7.65. The number of nitrogens with zero attached hydrogens (tertiary/aromatic N) is 1. The van der Waals surface area contributed by atoms with Crippen LogP contribution in [0.4, 0.5) is 0 Å². The van der Waals surface area contributed by atoms with E-state index in [0.29, 0.717) is 19.8 Å². The molecule has 0 aliphatic rings. The molecular weight excluding hydrogens is 234 g/mol. The number of aromatic nitrogens is 1. The molecule has 0 N–H and O–H groups in total. The molecule has 5 heteroatoms. The molecule has 0 radical (unpaired) electrons. The third-order valence-corrected chi connectivity index (χ3v) is 5.46. The van der Waals surface area contributed by atoms with Crippen molar-refractivity contribution in [2.45, 2.75) is 33.4 Å². The predicted molar refractivity (Wildman–Crippen MR) is 69.9 cm³/mol. The maximum absolute atomic E-state index is 5.79.